The standard InChI is InChI=1S/C41H79O3/c1-2-3-4-5-6-7-8-9-17-20-23-26-29-32-35-38-41(43)44-40-37-34-31-28-25-22-19-16-14-12-10-11-13-15-18-21-24-27-30-33-36-39-42/h2-38,40H2,1H3. The van der Waals surface area contributed by atoms with Crippen LogP contribution in [0.5, 0.6) is 0 Å². The van der Waals surface area contributed by atoms with Gasteiger partial charge in [0.25, 0.3) is 0 Å². The van der Waals surface area contributed by atoms with Crippen molar-refractivity contribution in [2.45, 2.75) is 244 Å². The van der Waals surface area contributed by atoms with Gasteiger partial charge in [-0.25, -0.2) is 0 Å². The van der Waals surface area contributed by atoms with Gasteiger partial charge in [-0.15, -0.1) is 0 Å². The summed E-state index contributed by atoms with van der Waals surface area (Å²) in [5, 5.41) is 0. The number of rotatable bonds is 39. The number of hydrogen-bond donors (Lipinski definition) is 0. The summed E-state index contributed by atoms with van der Waals surface area (Å²) in [4.78, 5) is 22.1. The molecule has 0 spiro atoms. The molecule has 0 aromatic carbocycles. The van der Waals surface area contributed by atoms with Crippen molar-refractivity contribution in [3.63, 3.8) is 0 Å². The van der Waals surface area contributed by atoms with Gasteiger partial charge in [0.2, 0.25) is 0 Å². The molecule has 0 aliphatic rings. The molecule has 1 radical (unpaired) electrons. The van der Waals surface area contributed by atoms with E-state index in [9.17, 15) is 9.59 Å². The van der Waals surface area contributed by atoms with E-state index in [1.807, 2.05) is 6.29 Å². The summed E-state index contributed by atoms with van der Waals surface area (Å²) < 4.78 is 5.46. The smallest absolute Gasteiger partial charge is 0.305 e. The minimum atomic E-state index is 0.0217. The monoisotopic (exact) mass is 620 g/mol. The van der Waals surface area contributed by atoms with E-state index in [1.165, 1.54) is 205 Å². The number of ether oxygens (including phenoxy) is 1. The second kappa shape index (κ2) is 40.2. The zero-order chi connectivity index (χ0) is 31.9. The number of unbranched alkanes of at least 4 members (excludes halogenated alkanes) is 34. The van der Waals surface area contributed by atoms with Gasteiger partial charge in [0.05, 0.1) is 6.61 Å². The topological polar surface area (TPSA) is 43.4 Å². The van der Waals surface area contributed by atoms with Gasteiger partial charge >= 0.3 is 5.97 Å². The summed E-state index contributed by atoms with van der Waals surface area (Å²) in [6.07, 6.45) is 50.1. The van der Waals surface area contributed by atoms with Gasteiger partial charge in [0.1, 0.15) is 0 Å². The molecule has 0 amide bonds. The van der Waals surface area contributed by atoms with E-state index < -0.39 is 0 Å². The predicted octanol–water partition coefficient (Wildman–Crippen LogP) is 14.1. The first-order valence-corrected chi connectivity index (χ1v) is 20.3. The summed E-state index contributed by atoms with van der Waals surface area (Å²) in [6, 6.07) is 0. The van der Waals surface area contributed by atoms with Crippen molar-refractivity contribution < 1.29 is 14.3 Å². The van der Waals surface area contributed by atoms with Gasteiger partial charge in [-0.3, -0.25) is 9.59 Å². The molecule has 0 saturated heterocycles. The van der Waals surface area contributed by atoms with Crippen LogP contribution in [0.4, 0.5) is 0 Å². The largest absolute Gasteiger partial charge is 0.466 e. The lowest BCUT2D eigenvalue weighted by atomic mass is 10.0. The fourth-order valence-electron chi connectivity index (χ4n) is 6.38. The molecule has 0 unspecified atom stereocenters. The van der Waals surface area contributed by atoms with Crippen LogP contribution in [0, 0.1) is 0 Å². The van der Waals surface area contributed by atoms with Gasteiger partial charge < -0.3 is 4.74 Å². The Balaban J connectivity index is 3.14. The Morgan fingerprint density at radius 1 is 0.386 bits per heavy atom. The van der Waals surface area contributed by atoms with Crippen LogP contribution in [0.1, 0.15) is 244 Å². The highest BCUT2D eigenvalue weighted by atomic mass is 16.5. The van der Waals surface area contributed by atoms with Gasteiger partial charge in [-0.1, -0.05) is 212 Å². The summed E-state index contributed by atoms with van der Waals surface area (Å²) in [5.41, 5.74) is 0. The van der Waals surface area contributed by atoms with Crippen LogP contribution in [-0.4, -0.2) is 18.9 Å². The Kier molecular flexibility index (Phi) is 39.4. The average molecular weight is 620 g/mol. The van der Waals surface area contributed by atoms with Gasteiger partial charge in [0, 0.05) is 12.8 Å². The van der Waals surface area contributed by atoms with E-state index in [2.05, 4.69) is 6.92 Å². The molecule has 0 bridgehead atoms. The summed E-state index contributed by atoms with van der Waals surface area (Å²) in [6.45, 7) is 2.91. The highest BCUT2D eigenvalue weighted by molar-refractivity contribution is 5.69. The van der Waals surface area contributed by atoms with Crippen molar-refractivity contribution in [1.82, 2.24) is 0 Å². The van der Waals surface area contributed by atoms with Crippen molar-refractivity contribution in [2.24, 2.45) is 0 Å². The molecule has 0 heterocycles. The van der Waals surface area contributed by atoms with E-state index in [0.29, 0.717) is 19.4 Å². The Morgan fingerprint density at radius 3 is 0.977 bits per heavy atom. The highest BCUT2D eigenvalue weighted by Crippen LogP contribution is 2.16. The minimum absolute atomic E-state index is 0.0217. The molecule has 3 heteroatoms. The maximum absolute atomic E-state index is 12.0. The third-order valence-corrected chi connectivity index (χ3v) is 9.42. The zero-order valence-electron chi connectivity index (χ0n) is 30.1. The molecule has 0 aromatic heterocycles. The van der Waals surface area contributed by atoms with E-state index in [1.54, 1.807) is 0 Å². The third kappa shape index (κ3) is 39.2. The molecular formula is C41H79O3. The maximum atomic E-state index is 12.0. The summed E-state index contributed by atoms with van der Waals surface area (Å²) in [5.74, 6) is 0.0217. The fraction of sp³-hybridized carbons (Fsp3) is 0.951. The van der Waals surface area contributed by atoms with Crippen LogP contribution < -0.4 is 0 Å². The molecular weight excluding hydrogens is 540 g/mol. The SMILES string of the molecule is CCCCCCCCCCCCCCCCCC(=O)OCCCCCCCCCCCCCCCCCCCCCC[C]=O. The fourth-order valence-corrected chi connectivity index (χ4v) is 6.38. The molecule has 0 rings (SSSR count). The molecule has 0 aliphatic carbocycles. The van der Waals surface area contributed by atoms with Crippen LogP contribution >= 0.6 is 0 Å². The Hall–Kier alpha value is -0.860. The molecule has 3 nitrogen and oxygen atoms in total. The molecule has 0 saturated carbocycles. The summed E-state index contributed by atoms with van der Waals surface area (Å²) in [7, 11) is 0. The van der Waals surface area contributed by atoms with Crippen molar-refractivity contribution in [3.8, 4) is 0 Å². The second-order valence-corrected chi connectivity index (χ2v) is 13.9. The van der Waals surface area contributed by atoms with Crippen molar-refractivity contribution in [2.75, 3.05) is 6.61 Å². The molecule has 0 aliphatic heterocycles. The molecule has 0 atom stereocenters. The average Bonchev–Trinajstić information content (AvgIpc) is 3.03. The highest BCUT2D eigenvalue weighted by Gasteiger charge is 2.03. The maximum Gasteiger partial charge on any atom is 0.305 e. The Labute approximate surface area is 277 Å². The molecule has 0 fully saturated rings. The lowest BCUT2D eigenvalue weighted by Gasteiger charge is -2.06. The van der Waals surface area contributed by atoms with Crippen LogP contribution in [-0.2, 0) is 14.3 Å². The van der Waals surface area contributed by atoms with E-state index >= 15 is 0 Å². The number of carbonyl (C=O) groups excluding carboxylic acids is 2. The van der Waals surface area contributed by atoms with Crippen molar-refractivity contribution >= 4 is 12.3 Å². The lowest BCUT2D eigenvalue weighted by Crippen LogP contribution is -2.05. The first kappa shape index (κ1) is 43.1. The van der Waals surface area contributed by atoms with Crippen molar-refractivity contribution in [1.29, 1.82) is 0 Å². The van der Waals surface area contributed by atoms with Gasteiger partial charge in [-0.2, -0.15) is 0 Å². The predicted molar refractivity (Wildman–Crippen MR) is 193 cm³/mol. The van der Waals surface area contributed by atoms with E-state index in [-0.39, 0.29) is 5.97 Å². The van der Waals surface area contributed by atoms with Crippen LogP contribution in [0.3, 0.4) is 0 Å². The van der Waals surface area contributed by atoms with Gasteiger partial charge in [-0.05, 0) is 19.3 Å². The second-order valence-electron chi connectivity index (χ2n) is 13.9. The Morgan fingerprint density at radius 2 is 0.659 bits per heavy atom. The minimum Gasteiger partial charge on any atom is -0.466 e. The zero-order valence-corrected chi connectivity index (χ0v) is 30.1. The van der Waals surface area contributed by atoms with Crippen molar-refractivity contribution in [3.05, 3.63) is 0 Å². The lowest BCUT2D eigenvalue weighted by molar-refractivity contribution is -0.143. The molecule has 261 valence electrons. The Bertz CT molecular complexity index is 546. The van der Waals surface area contributed by atoms with E-state index in [0.717, 1.165) is 19.3 Å². The quantitative estimate of drug-likeness (QED) is 0.0508. The van der Waals surface area contributed by atoms with Crippen LogP contribution in [0.15, 0.2) is 0 Å². The first-order chi connectivity index (χ1) is 21.8. The van der Waals surface area contributed by atoms with Gasteiger partial charge in [0.15, 0.2) is 6.29 Å². The third-order valence-electron chi connectivity index (χ3n) is 9.42. The molecule has 0 N–H and O–H groups in total. The normalized spacial score (nSPS) is 11.3. The molecule has 0 aromatic rings. The number of carbonyl (C=O) groups is 1. The number of hydrogen-bond acceptors (Lipinski definition) is 3. The van der Waals surface area contributed by atoms with Crippen LogP contribution in [0.2, 0.25) is 0 Å². The molecule has 44 heavy (non-hydrogen) atoms. The van der Waals surface area contributed by atoms with E-state index in [4.69, 9.17) is 4.74 Å². The number of esters is 1. The summed E-state index contributed by atoms with van der Waals surface area (Å²) >= 11 is 0. The first-order valence-electron chi connectivity index (χ1n) is 20.3. The van der Waals surface area contributed by atoms with Crippen LogP contribution in [0.25, 0.3) is 0 Å².